The molecule has 3 aliphatic heterocycles. The molecule has 3 fully saturated rings. The summed E-state index contributed by atoms with van der Waals surface area (Å²) >= 11 is 0. The molecule has 0 aromatic heterocycles. The van der Waals surface area contributed by atoms with Crippen LogP contribution in [0.25, 0.3) is 0 Å². The molecule has 47 heavy (non-hydrogen) atoms. The summed E-state index contributed by atoms with van der Waals surface area (Å²) in [5.41, 5.74) is 0. The zero-order chi connectivity index (χ0) is 34.8. The summed E-state index contributed by atoms with van der Waals surface area (Å²) in [7, 11) is 0. The predicted molar refractivity (Wildman–Crippen MR) is 155 cm³/mol. The van der Waals surface area contributed by atoms with E-state index in [1.165, 1.54) is 6.92 Å². The molecule has 3 rings (SSSR count). The summed E-state index contributed by atoms with van der Waals surface area (Å²) in [4.78, 5) is 23.8. The molecule has 274 valence electrons. The van der Waals surface area contributed by atoms with E-state index in [1.54, 1.807) is 0 Å². The van der Waals surface area contributed by atoms with Gasteiger partial charge in [-0.2, -0.15) is 0 Å². The largest absolute Gasteiger partial charge is 0.394 e. The molecular formula is C29H51NO17. The molecule has 3 saturated heterocycles. The first-order chi connectivity index (χ1) is 22.3. The Bertz CT molecular complexity index is 960. The number of ketones is 1. The first kappa shape index (κ1) is 40.0. The van der Waals surface area contributed by atoms with Gasteiger partial charge in [-0.05, 0) is 33.1 Å². The van der Waals surface area contributed by atoms with Crippen LogP contribution in [0.15, 0.2) is 0 Å². The molecule has 1 amide bonds. The highest BCUT2D eigenvalue weighted by atomic mass is 16.7. The smallest absolute Gasteiger partial charge is 0.219 e. The molecule has 0 saturated carbocycles. The third-order valence-corrected chi connectivity index (χ3v) is 8.38. The van der Waals surface area contributed by atoms with Crippen molar-refractivity contribution in [2.24, 2.45) is 0 Å². The maximum Gasteiger partial charge on any atom is 0.219 e. The quantitative estimate of drug-likeness (QED) is 0.0646. The number of rotatable bonds is 17. The number of carbonyl (C=O) groups is 2. The van der Waals surface area contributed by atoms with Gasteiger partial charge in [0.25, 0.3) is 0 Å². The lowest BCUT2D eigenvalue weighted by atomic mass is 9.97. The topological polar surface area (TPSA) is 284 Å². The highest BCUT2D eigenvalue weighted by molar-refractivity contribution is 5.78. The zero-order valence-electron chi connectivity index (χ0n) is 26.5. The molecule has 0 bridgehead atoms. The Balaban J connectivity index is 1.62. The molecule has 18 nitrogen and oxygen atoms in total. The number of ether oxygens (including phenoxy) is 6. The third-order valence-electron chi connectivity index (χ3n) is 8.38. The van der Waals surface area contributed by atoms with Crippen LogP contribution in [-0.2, 0) is 38.0 Å². The summed E-state index contributed by atoms with van der Waals surface area (Å²) in [5, 5.41) is 95.4. The van der Waals surface area contributed by atoms with Crippen molar-refractivity contribution in [2.45, 2.75) is 144 Å². The van der Waals surface area contributed by atoms with Gasteiger partial charge < -0.3 is 79.7 Å². The van der Waals surface area contributed by atoms with Gasteiger partial charge in [0.2, 0.25) is 5.91 Å². The van der Waals surface area contributed by atoms with Gasteiger partial charge in [-0.15, -0.1) is 0 Å². The van der Waals surface area contributed by atoms with Crippen LogP contribution in [0.2, 0.25) is 0 Å². The second-order valence-corrected chi connectivity index (χ2v) is 12.0. The normalized spacial score (nSPS) is 41.0. The minimum atomic E-state index is -1.85. The average molecular weight is 686 g/mol. The Morgan fingerprint density at radius 1 is 0.660 bits per heavy atom. The van der Waals surface area contributed by atoms with Gasteiger partial charge in [0.05, 0.1) is 25.9 Å². The van der Waals surface area contributed by atoms with Gasteiger partial charge >= 0.3 is 0 Å². The van der Waals surface area contributed by atoms with Gasteiger partial charge in [0.15, 0.2) is 18.9 Å². The lowest BCUT2D eigenvalue weighted by Crippen LogP contribution is -2.65. The van der Waals surface area contributed by atoms with Crippen molar-refractivity contribution in [3.8, 4) is 0 Å². The van der Waals surface area contributed by atoms with Crippen molar-refractivity contribution in [3.05, 3.63) is 0 Å². The highest BCUT2D eigenvalue weighted by Gasteiger charge is 2.51. The number of amides is 1. The van der Waals surface area contributed by atoms with Crippen molar-refractivity contribution in [2.75, 3.05) is 26.4 Å². The van der Waals surface area contributed by atoms with Crippen molar-refractivity contribution >= 4 is 11.7 Å². The van der Waals surface area contributed by atoms with E-state index in [9.17, 15) is 55.5 Å². The Labute approximate surface area is 272 Å². The molecule has 0 radical (unpaired) electrons. The molecule has 15 atom stereocenters. The fourth-order valence-electron chi connectivity index (χ4n) is 5.50. The van der Waals surface area contributed by atoms with Crippen LogP contribution >= 0.6 is 0 Å². The van der Waals surface area contributed by atoms with Gasteiger partial charge in [0, 0.05) is 25.8 Å². The van der Waals surface area contributed by atoms with Gasteiger partial charge in [-0.1, -0.05) is 0 Å². The summed E-state index contributed by atoms with van der Waals surface area (Å²) in [6.45, 7) is 2.46. The Kier molecular flexibility index (Phi) is 16.2. The van der Waals surface area contributed by atoms with Crippen LogP contribution in [0.5, 0.6) is 0 Å². The molecule has 3 aliphatic rings. The second-order valence-electron chi connectivity index (χ2n) is 12.0. The molecule has 0 spiro atoms. The molecule has 18 heteroatoms. The summed E-state index contributed by atoms with van der Waals surface area (Å²) in [6, 6.07) is 0. The molecule has 3 heterocycles. The standard InChI is InChI=1S/C29H51NO17/c1-3-30-17(33)9-5-4-7-14(32)8-6-10-42-28-25(41)26(47-29-24(40)22(38)19(35)15(11-31)45-29)20(36)16(46-28)12-43-27-23(39)21(37)18(34)13(2)44-27/h13,15-16,18-29,31,34-41H,3-12H2,1-2H3,(H,30,33)/t13-,15+,16+,18+,19+,20+,21-,22-,23-,24-,25-,26-,27+,28-,29+/m0/s1. The van der Waals surface area contributed by atoms with Crippen molar-refractivity contribution in [1.82, 2.24) is 5.32 Å². The average Bonchev–Trinajstić information content (AvgIpc) is 3.04. The summed E-state index contributed by atoms with van der Waals surface area (Å²) < 4.78 is 33.4. The first-order valence-electron chi connectivity index (χ1n) is 16.0. The fourth-order valence-corrected chi connectivity index (χ4v) is 5.50. The molecule has 0 aliphatic carbocycles. The number of carbonyl (C=O) groups excluding carboxylic acids is 2. The third kappa shape index (κ3) is 10.8. The van der Waals surface area contributed by atoms with E-state index in [1.807, 2.05) is 6.92 Å². The summed E-state index contributed by atoms with van der Waals surface area (Å²) in [6.07, 6.45) is -21.2. The number of hydrogen-bond acceptors (Lipinski definition) is 17. The van der Waals surface area contributed by atoms with E-state index in [4.69, 9.17) is 28.4 Å². The van der Waals surface area contributed by atoms with Crippen LogP contribution in [0, 0.1) is 0 Å². The van der Waals surface area contributed by atoms with Gasteiger partial charge in [-0.3, -0.25) is 9.59 Å². The monoisotopic (exact) mass is 685 g/mol. The van der Waals surface area contributed by atoms with E-state index in [0.29, 0.717) is 25.8 Å². The number of hydrogen-bond donors (Lipinski definition) is 10. The predicted octanol–water partition coefficient (Wildman–Crippen LogP) is -4.48. The lowest BCUT2D eigenvalue weighted by molar-refractivity contribution is -0.365. The van der Waals surface area contributed by atoms with Gasteiger partial charge in [-0.25, -0.2) is 0 Å². The van der Waals surface area contributed by atoms with Crippen LogP contribution in [0.4, 0.5) is 0 Å². The van der Waals surface area contributed by atoms with Crippen molar-refractivity contribution in [3.63, 3.8) is 0 Å². The van der Waals surface area contributed by atoms with Crippen molar-refractivity contribution < 1.29 is 84.0 Å². The maximum atomic E-state index is 12.3. The fraction of sp³-hybridized carbons (Fsp3) is 0.931. The van der Waals surface area contributed by atoms with Crippen LogP contribution in [0.3, 0.4) is 0 Å². The number of unbranched alkanes of at least 4 members (excludes halogenated alkanes) is 1. The van der Waals surface area contributed by atoms with Crippen LogP contribution in [0.1, 0.15) is 52.4 Å². The number of nitrogens with one attached hydrogen (secondary N) is 1. The second kappa shape index (κ2) is 19.1. The highest BCUT2D eigenvalue weighted by Crippen LogP contribution is 2.31. The SMILES string of the molecule is CCNC(=O)CCCCC(=O)CCCO[C@H]1O[C@H](CO[C@@H]2O[C@@H](C)[C@@H](O)[C@H](O)[C@@H]2O)[C@@H](O)[C@H](O[C@H]2O[C@H](CO)[C@@H](O)[C@H](O)[C@@H]2O)[C@@H]1O. The molecule has 0 aromatic rings. The minimum Gasteiger partial charge on any atom is -0.394 e. The molecular weight excluding hydrogens is 634 g/mol. The maximum absolute atomic E-state index is 12.3. The first-order valence-corrected chi connectivity index (χ1v) is 16.0. The van der Waals surface area contributed by atoms with Crippen molar-refractivity contribution in [1.29, 1.82) is 0 Å². The van der Waals surface area contributed by atoms with E-state index in [-0.39, 0.29) is 37.6 Å². The Morgan fingerprint density at radius 2 is 1.26 bits per heavy atom. The number of Topliss-reactive ketones (excluding diaryl/α,β-unsaturated/α-hetero) is 1. The minimum absolute atomic E-state index is 0.0484. The van der Waals surface area contributed by atoms with E-state index < -0.39 is 105 Å². The molecule has 0 unspecified atom stereocenters. The Hall–Kier alpha value is -1.46. The number of aliphatic hydroxyl groups is 9. The van der Waals surface area contributed by atoms with Gasteiger partial charge in [0.1, 0.15) is 72.9 Å². The number of aliphatic hydroxyl groups excluding tert-OH is 9. The molecule has 0 aromatic carbocycles. The Morgan fingerprint density at radius 3 is 1.94 bits per heavy atom. The zero-order valence-corrected chi connectivity index (χ0v) is 26.5. The lowest BCUT2D eigenvalue weighted by Gasteiger charge is -2.46. The molecule has 10 N–H and O–H groups in total. The van der Waals surface area contributed by atoms with Crippen LogP contribution in [-0.4, -0.2) is 176 Å². The van der Waals surface area contributed by atoms with Crippen LogP contribution < -0.4 is 5.32 Å². The summed E-state index contributed by atoms with van der Waals surface area (Å²) in [5.74, 6) is -0.122. The van der Waals surface area contributed by atoms with E-state index in [2.05, 4.69) is 5.32 Å². The van der Waals surface area contributed by atoms with E-state index in [0.717, 1.165) is 0 Å². The van der Waals surface area contributed by atoms with E-state index >= 15 is 0 Å².